The zero-order chi connectivity index (χ0) is 14.5. The molecule has 19 heavy (non-hydrogen) atoms. The molecule has 0 aromatic rings. The fourth-order valence-electron chi connectivity index (χ4n) is 2.58. The molecule has 0 aromatic carbocycles. The number of rotatable bonds is 6. The first-order valence-corrected chi connectivity index (χ1v) is 9.12. The van der Waals surface area contributed by atoms with E-state index in [4.69, 9.17) is 5.73 Å². The Bertz CT molecular complexity index is 387. The first-order chi connectivity index (χ1) is 8.83. The van der Waals surface area contributed by atoms with E-state index < -0.39 is 9.84 Å². The van der Waals surface area contributed by atoms with E-state index in [1.54, 1.807) is 0 Å². The quantitative estimate of drug-likeness (QED) is 0.789. The highest BCUT2D eigenvalue weighted by Crippen LogP contribution is 2.23. The van der Waals surface area contributed by atoms with E-state index >= 15 is 0 Å². The minimum Gasteiger partial charge on any atom is -0.340 e. The van der Waals surface area contributed by atoms with Crippen molar-refractivity contribution in [3.63, 3.8) is 0 Å². The Labute approximate surface area is 116 Å². The Morgan fingerprint density at radius 1 is 1.26 bits per heavy atom. The van der Waals surface area contributed by atoms with Crippen molar-refractivity contribution in [2.24, 2.45) is 5.73 Å². The third-order valence-corrected chi connectivity index (χ3v) is 4.60. The van der Waals surface area contributed by atoms with E-state index in [2.05, 4.69) is 0 Å². The summed E-state index contributed by atoms with van der Waals surface area (Å²) in [5, 5.41) is 0. The summed E-state index contributed by atoms with van der Waals surface area (Å²) in [6.07, 6.45) is 5.94. The molecule has 0 atom stereocenters. The van der Waals surface area contributed by atoms with Crippen molar-refractivity contribution < 1.29 is 13.2 Å². The lowest BCUT2D eigenvalue weighted by atomic mass is 9.90. The van der Waals surface area contributed by atoms with Gasteiger partial charge in [-0.1, -0.05) is 6.92 Å². The Hall–Kier alpha value is -0.620. The number of carbonyl (C=O) groups excluding carboxylic acids is 1. The maximum atomic E-state index is 12.2. The molecule has 1 rings (SSSR count). The lowest BCUT2D eigenvalue weighted by molar-refractivity contribution is -0.133. The van der Waals surface area contributed by atoms with Gasteiger partial charge in [0.2, 0.25) is 5.91 Å². The average Bonchev–Trinajstić information content (AvgIpc) is 2.33. The van der Waals surface area contributed by atoms with Crippen LogP contribution in [0.1, 0.15) is 45.4 Å². The van der Waals surface area contributed by atoms with Crippen LogP contribution in [0.4, 0.5) is 0 Å². The number of hydrogen-bond acceptors (Lipinski definition) is 4. The molecule has 1 saturated carbocycles. The van der Waals surface area contributed by atoms with Crippen LogP contribution in [0.3, 0.4) is 0 Å². The van der Waals surface area contributed by atoms with Crippen LogP contribution >= 0.6 is 0 Å². The Balaban J connectivity index is 2.58. The Morgan fingerprint density at radius 2 is 1.84 bits per heavy atom. The monoisotopic (exact) mass is 290 g/mol. The molecule has 0 heterocycles. The SMILES string of the molecule is CCCN(C(=O)CCS(C)(=O)=O)C1CCC(N)CC1. The number of carbonyl (C=O) groups is 1. The minimum atomic E-state index is -3.07. The van der Waals surface area contributed by atoms with Gasteiger partial charge in [0.05, 0.1) is 5.75 Å². The van der Waals surface area contributed by atoms with Crippen LogP contribution in [0.15, 0.2) is 0 Å². The fraction of sp³-hybridized carbons (Fsp3) is 0.923. The van der Waals surface area contributed by atoms with E-state index in [0.29, 0.717) is 6.54 Å². The lowest BCUT2D eigenvalue weighted by Gasteiger charge is -2.36. The predicted molar refractivity (Wildman–Crippen MR) is 76.6 cm³/mol. The van der Waals surface area contributed by atoms with E-state index in [0.717, 1.165) is 32.1 Å². The molecule has 2 N–H and O–H groups in total. The van der Waals surface area contributed by atoms with Gasteiger partial charge in [-0.25, -0.2) is 8.42 Å². The molecule has 0 spiro atoms. The molecule has 1 amide bonds. The summed E-state index contributed by atoms with van der Waals surface area (Å²) < 4.78 is 22.3. The second-order valence-electron chi connectivity index (χ2n) is 5.54. The molecule has 1 aliphatic carbocycles. The van der Waals surface area contributed by atoms with Crippen LogP contribution in [0.25, 0.3) is 0 Å². The van der Waals surface area contributed by atoms with Crippen LogP contribution in [0.5, 0.6) is 0 Å². The van der Waals surface area contributed by atoms with Crippen molar-refractivity contribution in [1.29, 1.82) is 0 Å². The molecule has 112 valence electrons. The summed E-state index contributed by atoms with van der Waals surface area (Å²) in [6, 6.07) is 0.498. The van der Waals surface area contributed by atoms with Gasteiger partial charge in [0.1, 0.15) is 9.84 Å². The van der Waals surface area contributed by atoms with Gasteiger partial charge in [-0.2, -0.15) is 0 Å². The number of hydrogen-bond donors (Lipinski definition) is 1. The van der Waals surface area contributed by atoms with Crippen molar-refractivity contribution >= 4 is 15.7 Å². The predicted octanol–water partition coefficient (Wildman–Crippen LogP) is 0.930. The first-order valence-electron chi connectivity index (χ1n) is 7.06. The van der Waals surface area contributed by atoms with Crippen LogP contribution in [-0.4, -0.2) is 49.9 Å². The summed E-state index contributed by atoms with van der Waals surface area (Å²) in [6.45, 7) is 2.74. The maximum Gasteiger partial charge on any atom is 0.223 e. The third kappa shape index (κ3) is 5.91. The summed E-state index contributed by atoms with van der Waals surface area (Å²) in [7, 11) is -3.07. The zero-order valence-corrected chi connectivity index (χ0v) is 12.8. The van der Waals surface area contributed by atoms with Gasteiger partial charge in [0.15, 0.2) is 0 Å². The summed E-state index contributed by atoms with van der Waals surface area (Å²) >= 11 is 0. The highest BCUT2D eigenvalue weighted by molar-refractivity contribution is 7.90. The highest BCUT2D eigenvalue weighted by atomic mass is 32.2. The van der Waals surface area contributed by atoms with E-state index in [1.807, 2.05) is 11.8 Å². The standard InChI is InChI=1S/C13H26N2O3S/c1-3-9-15(12-6-4-11(14)5-7-12)13(16)8-10-19(2,17)18/h11-12H,3-10,14H2,1-2H3. The summed E-state index contributed by atoms with van der Waals surface area (Å²) in [5.74, 6) is -0.0918. The van der Waals surface area contributed by atoms with Crippen molar-refractivity contribution in [3.05, 3.63) is 0 Å². The van der Waals surface area contributed by atoms with Crippen molar-refractivity contribution in [3.8, 4) is 0 Å². The maximum absolute atomic E-state index is 12.2. The summed E-state index contributed by atoms with van der Waals surface area (Å²) in [4.78, 5) is 14.1. The molecule has 0 aromatic heterocycles. The first kappa shape index (κ1) is 16.4. The van der Waals surface area contributed by atoms with Gasteiger partial charge in [0, 0.05) is 31.3 Å². The van der Waals surface area contributed by atoms with Crippen molar-refractivity contribution in [2.45, 2.75) is 57.5 Å². The second kappa shape index (κ2) is 7.24. The topological polar surface area (TPSA) is 80.5 Å². The van der Waals surface area contributed by atoms with Gasteiger partial charge in [-0.3, -0.25) is 4.79 Å². The average molecular weight is 290 g/mol. The van der Waals surface area contributed by atoms with Crippen LogP contribution in [0, 0.1) is 0 Å². The van der Waals surface area contributed by atoms with Crippen LogP contribution in [-0.2, 0) is 14.6 Å². The van der Waals surface area contributed by atoms with Gasteiger partial charge in [-0.15, -0.1) is 0 Å². The van der Waals surface area contributed by atoms with Crippen LogP contribution in [0.2, 0.25) is 0 Å². The molecule has 0 unspecified atom stereocenters. The molecule has 1 fully saturated rings. The fourth-order valence-corrected chi connectivity index (χ4v) is 3.13. The molecule has 5 nitrogen and oxygen atoms in total. The van der Waals surface area contributed by atoms with E-state index in [-0.39, 0.29) is 30.2 Å². The van der Waals surface area contributed by atoms with Crippen LogP contribution < -0.4 is 5.73 Å². The van der Waals surface area contributed by atoms with Gasteiger partial charge < -0.3 is 10.6 Å². The van der Waals surface area contributed by atoms with Gasteiger partial charge in [0.25, 0.3) is 0 Å². The Kier molecular flexibility index (Phi) is 6.26. The molecule has 1 aliphatic rings. The van der Waals surface area contributed by atoms with Crippen molar-refractivity contribution in [1.82, 2.24) is 4.90 Å². The summed E-state index contributed by atoms with van der Waals surface area (Å²) in [5.41, 5.74) is 5.88. The number of nitrogens with two attached hydrogens (primary N) is 1. The number of nitrogens with zero attached hydrogens (tertiary/aromatic N) is 1. The van der Waals surface area contributed by atoms with Crippen molar-refractivity contribution in [2.75, 3.05) is 18.6 Å². The molecule has 6 heteroatoms. The number of sulfone groups is 1. The highest BCUT2D eigenvalue weighted by Gasteiger charge is 2.27. The van der Waals surface area contributed by atoms with E-state index in [1.165, 1.54) is 6.26 Å². The largest absolute Gasteiger partial charge is 0.340 e. The molecule has 0 radical (unpaired) electrons. The van der Waals surface area contributed by atoms with Gasteiger partial charge in [-0.05, 0) is 32.1 Å². The molecular formula is C13H26N2O3S. The lowest BCUT2D eigenvalue weighted by Crippen LogP contribution is -2.45. The molecule has 0 saturated heterocycles. The third-order valence-electron chi connectivity index (χ3n) is 3.65. The zero-order valence-electron chi connectivity index (χ0n) is 12.0. The molecular weight excluding hydrogens is 264 g/mol. The van der Waals surface area contributed by atoms with Gasteiger partial charge >= 0.3 is 0 Å². The minimum absolute atomic E-state index is 0.0345. The van der Waals surface area contributed by atoms with E-state index in [9.17, 15) is 13.2 Å². The molecule has 0 bridgehead atoms. The second-order valence-corrected chi connectivity index (χ2v) is 7.80. The number of amides is 1. The normalized spacial score (nSPS) is 24.2. The smallest absolute Gasteiger partial charge is 0.223 e. The Morgan fingerprint density at radius 3 is 2.32 bits per heavy atom. The molecule has 0 aliphatic heterocycles.